The number of aromatic carboxylic acids is 2. The Balaban J connectivity index is 0.000000217. The van der Waals surface area contributed by atoms with Gasteiger partial charge in [-0.05, 0) is 66.7 Å². The summed E-state index contributed by atoms with van der Waals surface area (Å²) in [5.41, 5.74) is 24.6. The number of carboxylic acids is 2. The molecule has 0 atom stereocenters. The molecule has 8 nitrogen and oxygen atoms in total. The second kappa shape index (κ2) is 10.7. The Morgan fingerprint density at radius 3 is 1.07 bits per heavy atom. The van der Waals surface area contributed by atoms with E-state index in [1.807, 2.05) is 6.07 Å². The van der Waals surface area contributed by atoms with Gasteiger partial charge in [0.1, 0.15) is 0 Å². The van der Waals surface area contributed by atoms with E-state index in [0.29, 0.717) is 11.4 Å². The molecular weight excluding hydrogens is 360 g/mol. The summed E-state index contributed by atoms with van der Waals surface area (Å²) in [6.07, 6.45) is 0. The lowest BCUT2D eigenvalue weighted by Gasteiger charge is -1.94. The number of carboxylic acid groups (broad SMARTS) is 2. The summed E-state index contributed by atoms with van der Waals surface area (Å²) in [6.45, 7) is 0. The van der Waals surface area contributed by atoms with Gasteiger partial charge in [-0.1, -0.05) is 6.07 Å². The average molecular weight is 382 g/mol. The van der Waals surface area contributed by atoms with Crippen molar-refractivity contribution < 1.29 is 19.8 Å². The summed E-state index contributed by atoms with van der Waals surface area (Å²) >= 11 is 0. The van der Waals surface area contributed by atoms with Crippen LogP contribution in [0.4, 0.5) is 22.7 Å². The predicted molar refractivity (Wildman–Crippen MR) is 111 cm³/mol. The highest BCUT2D eigenvalue weighted by atomic mass is 16.4. The second-order valence-corrected chi connectivity index (χ2v) is 5.52. The molecule has 0 bridgehead atoms. The van der Waals surface area contributed by atoms with E-state index in [1.165, 1.54) is 24.3 Å². The molecule has 0 fully saturated rings. The third-order valence-corrected chi connectivity index (χ3v) is 3.23. The first-order valence-corrected chi connectivity index (χ1v) is 7.97. The molecule has 0 aliphatic rings. The fraction of sp³-hybridized carbons (Fsp3) is 0. The molecule has 3 rings (SSSR count). The average Bonchev–Trinajstić information content (AvgIpc) is 2.65. The Labute approximate surface area is 162 Å². The summed E-state index contributed by atoms with van der Waals surface area (Å²) < 4.78 is 0. The lowest BCUT2D eigenvalue weighted by molar-refractivity contribution is 0.0681. The Kier molecular flexibility index (Phi) is 8.36. The van der Waals surface area contributed by atoms with Crippen molar-refractivity contribution in [2.45, 2.75) is 0 Å². The van der Waals surface area contributed by atoms with Gasteiger partial charge in [0.25, 0.3) is 0 Å². The fourth-order valence-corrected chi connectivity index (χ4v) is 1.81. The van der Waals surface area contributed by atoms with Crippen LogP contribution in [0.1, 0.15) is 20.7 Å². The molecule has 0 saturated heterocycles. The van der Waals surface area contributed by atoms with Crippen molar-refractivity contribution in [3.63, 3.8) is 0 Å². The zero-order valence-corrected chi connectivity index (χ0v) is 14.9. The van der Waals surface area contributed by atoms with Gasteiger partial charge in [0, 0.05) is 22.7 Å². The molecule has 28 heavy (non-hydrogen) atoms. The minimum Gasteiger partial charge on any atom is -0.478 e. The maximum absolute atomic E-state index is 10.3. The van der Waals surface area contributed by atoms with Crippen molar-refractivity contribution >= 4 is 34.7 Å². The second-order valence-electron chi connectivity index (χ2n) is 5.52. The van der Waals surface area contributed by atoms with Crippen LogP contribution < -0.4 is 22.9 Å². The van der Waals surface area contributed by atoms with E-state index in [-0.39, 0.29) is 11.1 Å². The molecule has 0 amide bonds. The van der Waals surface area contributed by atoms with E-state index in [1.54, 1.807) is 42.5 Å². The van der Waals surface area contributed by atoms with Gasteiger partial charge in [0.2, 0.25) is 0 Å². The van der Waals surface area contributed by atoms with Crippen molar-refractivity contribution in [2.24, 2.45) is 0 Å². The largest absolute Gasteiger partial charge is 0.478 e. The van der Waals surface area contributed by atoms with Crippen LogP contribution in [0.15, 0.2) is 72.8 Å². The summed E-state index contributed by atoms with van der Waals surface area (Å²) in [7, 11) is 0. The number of carbonyl (C=O) groups is 2. The van der Waals surface area contributed by atoms with E-state index in [4.69, 9.17) is 33.1 Å². The van der Waals surface area contributed by atoms with Crippen molar-refractivity contribution in [3.8, 4) is 0 Å². The highest BCUT2D eigenvalue weighted by Crippen LogP contribution is 2.06. The molecule has 0 heterocycles. The van der Waals surface area contributed by atoms with Gasteiger partial charge < -0.3 is 33.1 Å². The lowest BCUT2D eigenvalue weighted by Crippen LogP contribution is -1.99. The molecule has 146 valence electrons. The summed E-state index contributed by atoms with van der Waals surface area (Å²) in [4.78, 5) is 20.7. The van der Waals surface area contributed by atoms with Crippen LogP contribution >= 0.6 is 0 Å². The quantitative estimate of drug-likeness (QED) is 0.366. The molecule has 8 heteroatoms. The van der Waals surface area contributed by atoms with Gasteiger partial charge in [-0.3, -0.25) is 0 Å². The van der Waals surface area contributed by atoms with E-state index in [2.05, 4.69) is 0 Å². The molecule has 0 unspecified atom stereocenters. The highest BCUT2D eigenvalue weighted by molar-refractivity contribution is 5.91. The fourth-order valence-electron chi connectivity index (χ4n) is 1.81. The van der Waals surface area contributed by atoms with Crippen LogP contribution in [0.5, 0.6) is 0 Å². The molecule has 0 saturated carbocycles. The van der Waals surface area contributed by atoms with Gasteiger partial charge in [-0.15, -0.1) is 0 Å². The molecule has 3 aromatic rings. The molecule has 0 aromatic heterocycles. The standard InChI is InChI=1S/C8H6O4.2C6H8N2/c9-7(10)5-1-2-6(4-3-5)8(11)12;7-5-1-2-6(8)4-3-5;7-5-2-1-3-6(8)4-5/h1-4H,(H,9,10)(H,11,12);2*1-4H,7-8H2. The minimum absolute atomic E-state index is 0.0833. The maximum Gasteiger partial charge on any atom is 0.335 e. The molecular formula is C20H22N4O4. The van der Waals surface area contributed by atoms with Gasteiger partial charge in [0.15, 0.2) is 0 Å². The number of anilines is 4. The number of rotatable bonds is 2. The topological polar surface area (TPSA) is 179 Å². The number of benzene rings is 3. The first kappa shape index (κ1) is 21.8. The highest BCUT2D eigenvalue weighted by Gasteiger charge is 2.04. The van der Waals surface area contributed by atoms with Crippen LogP contribution in [0.2, 0.25) is 0 Å². The molecule has 10 N–H and O–H groups in total. The Hall–Kier alpha value is -4.20. The van der Waals surface area contributed by atoms with Crippen molar-refractivity contribution in [3.05, 3.63) is 83.9 Å². The van der Waals surface area contributed by atoms with E-state index in [0.717, 1.165) is 11.4 Å². The normalized spacial score (nSPS) is 9.14. The third kappa shape index (κ3) is 8.26. The van der Waals surface area contributed by atoms with Crippen LogP contribution in [-0.2, 0) is 0 Å². The first-order valence-electron chi connectivity index (χ1n) is 7.97. The minimum atomic E-state index is -1.06. The molecule has 0 spiro atoms. The SMILES string of the molecule is Nc1ccc(N)cc1.Nc1cccc(N)c1.O=C(O)c1ccc(C(=O)O)cc1. The summed E-state index contributed by atoms with van der Waals surface area (Å²) in [5, 5.41) is 16.9. The summed E-state index contributed by atoms with van der Waals surface area (Å²) in [5.74, 6) is -2.13. The zero-order chi connectivity index (χ0) is 21.1. The predicted octanol–water partition coefficient (Wildman–Crippen LogP) is 2.79. The van der Waals surface area contributed by atoms with Crippen LogP contribution in [0.3, 0.4) is 0 Å². The monoisotopic (exact) mass is 382 g/mol. The van der Waals surface area contributed by atoms with Crippen LogP contribution in [0, 0.1) is 0 Å². The molecule has 0 aliphatic carbocycles. The molecule has 0 aliphatic heterocycles. The third-order valence-electron chi connectivity index (χ3n) is 3.23. The number of nitrogens with two attached hydrogens (primary N) is 4. The van der Waals surface area contributed by atoms with Gasteiger partial charge in [0.05, 0.1) is 11.1 Å². The number of hydrogen-bond donors (Lipinski definition) is 6. The van der Waals surface area contributed by atoms with E-state index in [9.17, 15) is 9.59 Å². The summed E-state index contributed by atoms with van der Waals surface area (Å²) in [6, 6.07) is 19.3. The Bertz CT molecular complexity index is 839. The van der Waals surface area contributed by atoms with Gasteiger partial charge >= 0.3 is 11.9 Å². The van der Waals surface area contributed by atoms with E-state index < -0.39 is 11.9 Å². The smallest absolute Gasteiger partial charge is 0.335 e. The van der Waals surface area contributed by atoms with E-state index >= 15 is 0 Å². The van der Waals surface area contributed by atoms with Crippen LogP contribution in [0.25, 0.3) is 0 Å². The number of nitrogen functional groups attached to an aromatic ring is 4. The number of hydrogen-bond acceptors (Lipinski definition) is 6. The maximum atomic E-state index is 10.3. The molecule has 3 aromatic carbocycles. The first-order chi connectivity index (χ1) is 13.2. The van der Waals surface area contributed by atoms with Gasteiger partial charge in [-0.2, -0.15) is 0 Å². The van der Waals surface area contributed by atoms with Crippen molar-refractivity contribution in [1.29, 1.82) is 0 Å². The Morgan fingerprint density at radius 2 is 0.857 bits per heavy atom. The van der Waals surface area contributed by atoms with Gasteiger partial charge in [-0.25, -0.2) is 9.59 Å². The van der Waals surface area contributed by atoms with Crippen molar-refractivity contribution in [1.82, 2.24) is 0 Å². The Morgan fingerprint density at radius 1 is 0.536 bits per heavy atom. The van der Waals surface area contributed by atoms with Crippen LogP contribution in [-0.4, -0.2) is 22.2 Å². The zero-order valence-electron chi connectivity index (χ0n) is 14.9. The molecule has 0 radical (unpaired) electrons. The lowest BCUT2D eigenvalue weighted by atomic mass is 10.1. The van der Waals surface area contributed by atoms with Crippen molar-refractivity contribution in [2.75, 3.05) is 22.9 Å².